The van der Waals surface area contributed by atoms with Gasteiger partial charge in [0.05, 0.1) is 5.39 Å². The van der Waals surface area contributed by atoms with E-state index in [0.29, 0.717) is 0 Å². The van der Waals surface area contributed by atoms with Crippen LogP contribution in [0.1, 0.15) is 33.4 Å². The summed E-state index contributed by atoms with van der Waals surface area (Å²) in [5.74, 6) is 0. The molecule has 0 unspecified atom stereocenters. The smallest absolute Gasteiger partial charge is 0.201 e. The van der Waals surface area contributed by atoms with Crippen LogP contribution in [-0.4, -0.2) is 0 Å². The van der Waals surface area contributed by atoms with Gasteiger partial charge in [-0.25, -0.2) is 4.57 Å². The second-order valence-electron chi connectivity index (χ2n) is 9.70. The lowest BCUT2D eigenvalue weighted by Gasteiger charge is -2.18. The van der Waals surface area contributed by atoms with Gasteiger partial charge >= 0.3 is 0 Å². The summed E-state index contributed by atoms with van der Waals surface area (Å²) in [4.78, 5) is 0. The van der Waals surface area contributed by atoms with Crippen molar-refractivity contribution in [3.05, 3.63) is 185 Å². The van der Waals surface area contributed by atoms with Crippen molar-refractivity contribution in [3.8, 4) is 0 Å². The minimum Gasteiger partial charge on any atom is -0.201 e. The molecule has 0 bridgehead atoms. The molecule has 0 N–H and O–H groups in total. The van der Waals surface area contributed by atoms with Crippen molar-refractivity contribution in [1.82, 2.24) is 0 Å². The zero-order valence-corrected chi connectivity index (χ0v) is 22.0. The van der Waals surface area contributed by atoms with E-state index in [0.717, 1.165) is 0 Å². The highest BCUT2D eigenvalue weighted by molar-refractivity contribution is 6.04. The van der Waals surface area contributed by atoms with Crippen molar-refractivity contribution in [2.45, 2.75) is 0 Å². The maximum absolute atomic E-state index is 2.25. The lowest BCUT2D eigenvalue weighted by molar-refractivity contribution is -0.644. The Balaban J connectivity index is 1.45. The van der Waals surface area contributed by atoms with Gasteiger partial charge in [-0.15, -0.1) is 0 Å². The number of para-hydroxylation sites is 1. The summed E-state index contributed by atoms with van der Waals surface area (Å²) in [6, 6.07) is 51.8. The molecule has 1 nitrogen and oxygen atoms in total. The molecular weight excluding hydrogens is 470 g/mol. The lowest BCUT2D eigenvalue weighted by Crippen LogP contribution is -2.28. The van der Waals surface area contributed by atoms with Crippen LogP contribution < -0.4 is 4.57 Å². The normalized spacial score (nSPS) is 11.1. The average molecular weight is 501 g/mol. The molecule has 0 amide bonds. The Labute approximate surface area is 230 Å². The van der Waals surface area contributed by atoms with E-state index < -0.39 is 0 Å². The first-order valence-corrected chi connectivity index (χ1v) is 13.3. The van der Waals surface area contributed by atoms with Crippen molar-refractivity contribution in [3.63, 3.8) is 0 Å². The standard InChI is InChI=1S/C38H30N/c1-39-28-27-30(35-19-11-12-20-36(35)39)24-21-29-22-25-34(26-23-29)38(33-17-9-4-10-18-33)37(31-13-5-2-6-14-31)32-15-7-3-8-16-32/h2-28H,1H3/q+1/b24-21+. The summed E-state index contributed by atoms with van der Waals surface area (Å²) in [6.07, 6.45) is 6.54. The molecule has 0 radical (unpaired) electrons. The molecule has 0 saturated carbocycles. The van der Waals surface area contributed by atoms with Crippen LogP contribution in [0.25, 0.3) is 34.2 Å². The number of benzene rings is 5. The summed E-state index contributed by atoms with van der Waals surface area (Å²) < 4.78 is 2.16. The summed E-state index contributed by atoms with van der Waals surface area (Å²) in [6.45, 7) is 0. The van der Waals surface area contributed by atoms with Crippen LogP contribution in [0.5, 0.6) is 0 Å². The van der Waals surface area contributed by atoms with Crippen LogP contribution in [0.4, 0.5) is 0 Å². The van der Waals surface area contributed by atoms with Crippen molar-refractivity contribution in [2.75, 3.05) is 0 Å². The molecule has 0 aliphatic carbocycles. The number of pyridine rings is 1. The van der Waals surface area contributed by atoms with Gasteiger partial charge < -0.3 is 0 Å². The monoisotopic (exact) mass is 500 g/mol. The van der Waals surface area contributed by atoms with E-state index >= 15 is 0 Å². The van der Waals surface area contributed by atoms with Crippen molar-refractivity contribution in [2.24, 2.45) is 7.05 Å². The number of aromatic nitrogens is 1. The van der Waals surface area contributed by atoms with Gasteiger partial charge in [-0.2, -0.15) is 0 Å². The van der Waals surface area contributed by atoms with Crippen LogP contribution in [0, 0.1) is 0 Å². The number of hydrogen-bond donors (Lipinski definition) is 0. The Morgan fingerprint density at radius 1 is 0.462 bits per heavy atom. The summed E-state index contributed by atoms with van der Waals surface area (Å²) >= 11 is 0. The van der Waals surface area contributed by atoms with E-state index in [1.807, 2.05) is 0 Å². The highest BCUT2D eigenvalue weighted by Gasteiger charge is 2.16. The molecule has 1 heteroatoms. The van der Waals surface area contributed by atoms with Crippen LogP contribution >= 0.6 is 0 Å². The number of hydrogen-bond acceptors (Lipinski definition) is 0. The molecule has 0 fully saturated rings. The fraction of sp³-hybridized carbons (Fsp3) is 0.0263. The van der Waals surface area contributed by atoms with Gasteiger partial charge in [0.1, 0.15) is 7.05 Å². The Bertz CT molecular complexity index is 1720. The maximum atomic E-state index is 2.25. The highest BCUT2D eigenvalue weighted by Crippen LogP contribution is 2.36. The fourth-order valence-corrected chi connectivity index (χ4v) is 5.20. The molecule has 0 saturated heterocycles. The highest BCUT2D eigenvalue weighted by atomic mass is 14.9. The Morgan fingerprint density at radius 2 is 0.923 bits per heavy atom. The Hall–Kier alpha value is -5.01. The molecule has 186 valence electrons. The SMILES string of the molecule is C[n+]1ccc(/C=C/c2ccc(C(=C(c3ccccc3)c3ccccc3)c3ccccc3)cc2)c2ccccc21. The van der Waals surface area contributed by atoms with Crippen molar-refractivity contribution < 1.29 is 4.57 Å². The number of rotatable bonds is 6. The number of nitrogens with zero attached hydrogens (tertiary/aromatic N) is 1. The minimum atomic E-state index is 1.17. The number of fused-ring (bicyclic) bond motifs is 1. The van der Waals surface area contributed by atoms with Gasteiger partial charge in [0.15, 0.2) is 6.20 Å². The third kappa shape index (κ3) is 5.21. The van der Waals surface area contributed by atoms with E-state index in [9.17, 15) is 0 Å². The molecular formula is C38H30N+. The Kier molecular flexibility index (Phi) is 6.97. The molecule has 39 heavy (non-hydrogen) atoms. The van der Waals surface area contributed by atoms with Gasteiger partial charge in [-0.1, -0.05) is 140 Å². The second-order valence-corrected chi connectivity index (χ2v) is 9.70. The van der Waals surface area contributed by atoms with E-state index in [4.69, 9.17) is 0 Å². The van der Waals surface area contributed by atoms with Gasteiger partial charge in [-0.3, -0.25) is 0 Å². The van der Waals surface area contributed by atoms with E-state index in [1.165, 1.54) is 55.4 Å². The molecule has 6 rings (SSSR count). The third-order valence-corrected chi connectivity index (χ3v) is 7.16. The lowest BCUT2D eigenvalue weighted by atomic mass is 9.85. The third-order valence-electron chi connectivity index (χ3n) is 7.16. The van der Waals surface area contributed by atoms with Crippen LogP contribution in [0.2, 0.25) is 0 Å². The molecule has 0 atom stereocenters. The number of aryl methyl sites for hydroxylation is 1. The quantitative estimate of drug-likeness (QED) is 0.159. The zero-order chi connectivity index (χ0) is 26.4. The summed E-state index contributed by atoms with van der Waals surface area (Å²) in [5.41, 5.74) is 10.9. The maximum Gasteiger partial charge on any atom is 0.212 e. The van der Waals surface area contributed by atoms with Gasteiger partial charge in [-0.05, 0) is 50.6 Å². The van der Waals surface area contributed by atoms with Crippen molar-refractivity contribution in [1.29, 1.82) is 0 Å². The minimum absolute atomic E-state index is 1.17. The Morgan fingerprint density at radius 3 is 1.46 bits per heavy atom. The molecule has 6 aromatic rings. The van der Waals surface area contributed by atoms with E-state index in [2.05, 4.69) is 176 Å². The molecule has 1 aromatic heterocycles. The van der Waals surface area contributed by atoms with Crippen molar-refractivity contribution >= 4 is 34.2 Å². The summed E-state index contributed by atoms with van der Waals surface area (Å²) in [7, 11) is 2.09. The predicted octanol–water partition coefficient (Wildman–Crippen LogP) is 8.84. The first kappa shape index (κ1) is 24.3. The molecule has 1 heterocycles. The predicted molar refractivity (Wildman–Crippen MR) is 165 cm³/mol. The largest absolute Gasteiger partial charge is 0.212 e. The molecule has 0 spiro atoms. The van der Waals surface area contributed by atoms with Gasteiger partial charge in [0.25, 0.3) is 0 Å². The second kappa shape index (κ2) is 11.2. The first-order chi connectivity index (χ1) is 19.3. The topological polar surface area (TPSA) is 3.88 Å². The van der Waals surface area contributed by atoms with Crippen LogP contribution in [0.15, 0.2) is 152 Å². The molecule has 5 aromatic carbocycles. The van der Waals surface area contributed by atoms with E-state index in [1.54, 1.807) is 0 Å². The van der Waals surface area contributed by atoms with Gasteiger partial charge in [0.2, 0.25) is 5.52 Å². The first-order valence-electron chi connectivity index (χ1n) is 13.3. The average Bonchev–Trinajstić information content (AvgIpc) is 3.01. The molecule has 0 aliphatic rings. The van der Waals surface area contributed by atoms with Gasteiger partial charge in [0, 0.05) is 12.1 Å². The van der Waals surface area contributed by atoms with Crippen LogP contribution in [-0.2, 0) is 7.05 Å². The summed E-state index contributed by atoms with van der Waals surface area (Å²) in [5, 5.41) is 1.25. The van der Waals surface area contributed by atoms with Crippen LogP contribution in [0.3, 0.4) is 0 Å². The van der Waals surface area contributed by atoms with E-state index in [-0.39, 0.29) is 0 Å². The zero-order valence-electron chi connectivity index (χ0n) is 22.0. The fourth-order valence-electron chi connectivity index (χ4n) is 5.20. The molecule has 0 aliphatic heterocycles.